The van der Waals surface area contributed by atoms with Crippen molar-refractivity contribution in [3.63, 3.8) is 0 Å². The van der Waals surface area contributed by atoms with Crippen LogP contribution in [0.5, 0.6) is 5.75 Å². The second-order valence-electron chi connectivity index (χ2n) is 4.88. The maximum atomic E-state index is 13.6. The first-order valence-corrected chi connectivity index (χ1v) is 6.82. The average molecular weight is 318 g/mol. The molecule has 0 unspecified atom stereocenters. The number of hydrogen-bond acceptors (Lipinski definition) is 4. The molecule has 0 saturated heterocycles. The van der Waals surface area contributed by atoms with Gasteiger partial charge in [-0.2, -0.15) is 0 Å². The van der Waals surface area contributed by atoms with E-state index in [2.05, 4.69) is 0 Å². The lowest BCUT2D eigenvalue weighted by Crippen LogP contribution is -2.31. The van der Waals surface area contributed by atoms with E-state index in [1.165, 1.54) is 42.3 Å². The van der Waals surface area contributed by atoms with Crippen LogP contribution in [0.15, 0.2) is 48.5 Å². The first-order valence-electron chi connectivity index (χ1n) is 6.82. The van der Waals surface area contributed by atoms with Crippen LogP contribution in [0.2, 0.25) is 0 Å². The number of benzene rings is 2. The normalized spacial score (nSPS) is 10.2. The van der Waals surface area contributed by atoms with E-state index in [1.54, 1.807) is 18.2 Å². The minimum Gasteiger partial charge on any atom is -0.484 e. The fraction of sp³-hybridized carbons (Fsp3) is 0.188. The Labute approximate surface area is 132 Å². The van der Waals surface area contributed by atoms with Crippen LogP contribution < -0.4 is 4.74 Å². The summed E-state index contributed by atoms with van der Waals surface area (Å²) in [5, 5.41) is 10.7. The number of carbonyl (C=O) groups excluding carboxylic acids is 1. The van der Waals surface area contributed by atoms with Gasteiger partial charge in [0.25, 0.3) is 11.6 Å². The molecule has 0 aliphatic heterocycles. The number of ether oxygens (including phenoxy) is 1. The van der Waals surface area contributed by atoms with Crippen molar-refractivity contribution in [2.24, 2.45) is 0 Å². The van der Waals surface area contributed by atoms with E-state index in [9.17, 15) is 19.3 Å². The molecular weight excluding hydrogens is 303 g/mol. The number of nitro benzene ring substituents is 1. The third-order valence-electron chi connectivity index (χ3n) is 3.18. The van der Waals surface area contributed by atoms with Crippen LogP contribution in [0.1, 0.15) is 5.56 Å². The number of carbonyl (C=O) groups is 1. The average Bonchev–Trinajstić information content (AvgIpc) is 2.55. The molecule has 0 saturated carbocycles. The molecule has 0 N–H and O–H groups in total. The van der Waals surface area contributed by atoms with Gasteiger partial charge in [0.05, 0.1) is 11.0 Å². The summed E-state index contributed by atoms with van der Waals surface area (Å²) in [6.07, 6.45) is 0. The van der Waals surface area contributed by atoms with Crippen molar-refractivity contribution in [3.05, 3.63) is 70.0 Å². The SMILES string of the molecule is CN(Cc1ccccc1F)C(=O)COc1cccc([N+](=O)[O-])c1. The van der Waals surface area contributed by atoms with Gasteiger partial charge in [-0.3, -0.25) is 14.9 Å². The molecule has 0 heterocycles. The summed E-state index contributed by atoms with van der Waals surface area (Å²) in [4.78, 5) is 23.5. The summed E-state index contributed by atoms with van der Waals surface area (Å²) >= 11 is 0. The highest BCUT2D eigenvalue weighted by molar-refractivity contribution is 5.77. The summed E-state index contributed by atoms with van der Waals surface area (Å²) < 4.78 is 18.8. The lowest BCUT2D eigenvalue weighted by molar-refractivity contribution is -0.384. The Bertz CT molecular complexity index is 721. The number of nitrogens with zero attached hydrogens (tertiary/aromatic N) is 2. The minimum absolute atomic E-state index is 0.115. The van der Waals surface area contributed by atoms with Crippen molar-refractivity contribution in [3.8, 4) is 5.75 Å². The van der Waals surface area contributed by atoms with E-state index in [0.29, 0.717) is 5.56 Å². The molecule has 0 aliphatic carbocycles. The zero-order valence-corrected chi connectivity index (χ0v) is 12.4. The highest BCUT2D eigenvalue weighted by atomic mass is 19.1. The Hall–Kier alpha value is -2.96. The van der Waals surface area contributed by atoms with Crippen molar-refractivity contribution in [1.29, 1.82) is 0 Å². The quantitative estimate of drug-likeness (QED) is 0.606. The van der Waals surface area contributed by atoms with Crippen LogP contribution in [0.25, 0.3) is 0 Å². The van der Waals surface area contributed by atoms with Crippen LogP contribution >= 0.6 is 0 Å². The van der Waals surface area contributed by atoms with Gasteiger partial charge in [0.1, 0.15) is 11.6 Å². The molecule has 120 valence electrons. The Kier molecular flexibility index (Phi) is 5.24. The van der Waals surface area contributed by atoms with E-state index in [-0.39, 0.29) is 36.3 Å². The molecule has 1 amide bonds. The van der Waals surface area contributed by atoms with Crippen LogP contribution in [0, 0.1) is 15.9 Å². The summed E-state index contributed by atoms with van der Waals surface area (Å²) in [7, 11) is 1.53. The molecule has 0 aromatic heterocycles. The predicted octanol–water partition coefficient (Wildman–Crippen LogP) is 2.77. The lowest BCUT2D eigenvalue weighted by atomic mass is 10.2. The third kappa shape index (κ3) is 4.50. The first kappa shape index (κ1) is 16.4. The summed E-state index contributed by atoms with van der Waals surface area (Å²) in [6.45, 7) is -0.171. The number of rotatable bonds is 6. The predicted molar refractivity (Wildman–Crippen MR) is 81.5 cm³/mol. The topological polar surface area (TPSA) is 72.7 Å². The standard InChI is InChI=1S/C16H15FN2O4/c1-18(10-12-5-2-3-8-15(12)17)16(20)11-23-14-7-4-6-13(9-14)19(21)22/h2-9H,10-11H2,1H3. The number of likely N-dealkylation sites (N-methyl/N-ethyl adjacent to an activating group) is 1. The number of amides is 1. The molecule has 0 spiro atoms. The van der Waals surface area contributed by atoms with E-state index in [4.69, 9.17) is 4.74 Å². The molecule has 0 bridgehead atoms. The first-order chi connectivity index (χ1) is 11.0. The molecule has 23 heavy (non-hydrogen) atoms. The Balaban J connectivity index is 1.93. The van der Waals surface area contributed by atoms with Crippen molar-refractivity contribution in [2.75, 3.05) is 13.7 Å². The van der Waals surface area contributed by atoms with Gasteiger partial charge in [0.15, 0.2) is 6.61 Å². The van der Waals surface area contributed by atoms with E-state index < -0.39 is 4.92 Å². The fourth-order valence-corrected chi connectivity index (χ4v) is 1.91. The number of non-ortho nitro benzene ring substituents is 1. The third-order valence-corrected chi connectivity index (χ3v) is 3.18. The fourth-order valence-electron chi connectivity index (χ4n) is 1.91. The minimum atomic E-state index is -0.543. The van der Waals surface area contributed by atoms with Gasteiger partial charge >= 0.3 is 0 Å². The maximum Gasteiger partial charge on any atom is 0.273 e. The summed E-state index contributed by atoms with van der Waals surface area (Å²) in [5.74, 6) is -0.515. The Morgan fingerprint density at radius 1 is 1.26 bits per heavy atom. The van der Waals surface area contributed by atoms with Crippen molar-refractivity contribution < 1.29 is 18.8 Å². The lowest BCUT2D eigenvalue weighted by Gasteiger charge is -2.17. The maximum absolute atomic E-state index is 13.6. The van der Waals surface area contributed by atoms with Gasteiger partial charge in [-0.25, -0.2) is 4.39 Å². The summed E-state index contributed by atoms with van der Waals surface area (Å²) in [6, 6.07) is 11.8. The molecule has 7 heteroatoms. The molecule has 2 rings (SSSR count). The second kappa shape index (κ2) is 7.35. The van der Waals surface area contributed by atoms with E-state index in [0.717, 1.165) is 0 Å². The van der Waals surface area contributed by atoms with Gasteiger partial charge in [-0.1, -0.05) is 24.3 Å². The van der Waals surface area contributed by atoms with Crippen molar-refractivity contribution >= 4 is 11.6 Å². The van der Waals surface area contributed by atoms with Crippen LogP contribution in [0.3, 0.4) is 0 Å². The van der Waals surface area contributed by atoms with Gasteiger partial charge in [0, 0.05) is 25.2 Å². The smallest absolute Gasteiger partial charge is 0.273 e. The number of halogens is 1. The molecule has 2 aromatic rings. The number of nitro groups is 1. The monoisotopic (exact) mass is 318 g/mol. The molecule has 0 fully saturated rings. The van der Waals surface area contributed by atoms with Gasteiger partial charge < -0.3 is 9.64 Å². The van der Waals surface area contributed by atoms with E-state index in [1.807, 2.05) is 0 Å². The van der Waals surface area contributed by atoms with Crippen molar-refractivity contribution in [1.82, 2.24) is 4.90 Å². The van der Waals surface area contributed by atoms with Crippen LogP contribution in [-0.4, -0.2) is 29.4 Å². The van der Waals surface area contributed by atoms with Gasteiger partial charge in [-0.05, 0) is 12.1 Å². The van der Waals surface area contributed by atoms with Crippen LogP contribution in [-0.2, 0) is 11.3 Å². The molecule has 0 atom stereocenters. The zero-order chi connectivity index (χ0) is 16.8. The van der Waals surface area contributed by atoms with Crippen molar-refractivity contribution in [2.45, 2.75) is 6.54 Å². The second-order valence-corrected chi connectivity index (χ2v) is 4.88. The molecule has 6 nitrogen and oxygen atoms in total. The molecular formula is C16H15FN2O4. The Morgan fingerprint density at radius 2 is 2.00 bits per heavy atom. The highest BCUT2D eigenvalue weighted by Gasteiger charge is 2.13. The Morgan fingerprint density at radius 3 is 2.70 bits per heavy atom. The largest absolute Gasteiger partial charge is 0.484 e. The van der Waals surface area contributed by atoms with Gasteiger partial charge in [0.2, 0.25) is 0 Å². The molecule has 2 aromatic carbocycles. The van der Waals surface area contributed by atoms with Gasteiger partial charge in [-0.15, -0.1) is 0 Å². The van der Waals surface area contributed by atoms with Crippen LogP contribution in [0.4, 0.5) is 10.1 Å². The molecule has 0 aliphatic rings. The number of hydrogen-bond donors (Lipinski definition) is 0. The van der Waals surface area contributed by atoms with E-state index >= 15 is 0 Å². The zero-order valence-electron chi connectivity index (χ0n) is 12.4. The summed E-state index contributed by atoms with van der Waals surface area (Å²) in [5.41, 5.74) is 0.286. The molecule has 0 radical (unpaired) electrons. The highest BCUT2D eigenvalue weighted by Crippen LogP contribution is 2.19.